The minimum atomic E-state index is -0.467. The predicted molar refractivity (Wildman–Crippen MR) is 59.9 cm³/mol. The van der Waals surface area contributed by atoms with Gasteiger partial charge in [-0.05, 0) is 24.1 Å². The van der Waals surface area contributed by atoms with Gasteiger partial charge in [0.25, 0.3) is 0 Å². The maximum atomic E-state index is 13.3. The molecule has 0 spiro atoms. The minimum Gasteiger partial charge on any atom is -0.494 e. The number of carbonyl (C=O) groups excluding carboxylic acids is 1. The van der Waals surface area contributed by atoms with Gasteiger partial charge in [-0.15, -0.1) is 0 Å². The normalized spacial score (nSPS) is 12.2. The Morgan fingerprint density at radius 2 is 2.25 bits per heavy atom. The fourth-order valence-corrected chi connectivity index (χ4v) is 1.38. The molecule has 0 saturated heterocycles. The van der Waals surface area contributed by atoms with Crippen molar-refractivity contribution >= 4 is 5.78 Å². The molecule has 0 aliphatic rings. The van der Waals surface area contributed by atoms with Gasteiger partial charge < -0.3 is 10.5 Å². The Labute approximate surface area is 94.4 Å². The molecule has 0 aliphatic heterocycles. The summed E-state index contributed by atoms with van der Waals surface area (Å²) in [5.74, 6) is -0.360. The van der Waals surface area contributed by atoms with Crippen molar-refractivity contribution in [1.82, 2.24) is 0 Å². The highest BCUT2D eigenvalue weighted by molar-refractivity contribution is 5.85. The summed E-state index contributed by atoms with van der Waals surface area (Å²) in [5.41, 5.74) is 6.21. The summed E-state index contributed by atoms with van der Waals surface area (Å²) in [4.78, 5) is 11.5. The van der Waals surface area contributed by atoms with Crippen LogP contribution in [0.2, 0.25) is 0 Å². The molecule has 0 radical (unpaired) electrons. The van der Waals surface area contributed by atoms with Crippen LogP contribution in [0.1, 0.15) is 18.9 Å². The first-order chi connectivity index (χ1) is 7.58. The Hall–Kier alpha value is -1.42. The first kappa shape index (κ1) is 12.6. The third-order valence-electron chi connectivity index (χ3n) is 2.45. The summed E-state index contributed by atoms with van der Waals surface area (Å²) in [5, 5.41) is 0. The highest BCUT2D eigenvalue weighted by Crippen LogP contribution is 2.18. The average Bonchev–Trinajstić information content (AvgIpc) is 2.28. The van der Waals surface area contributed by atoms with E-state index >= 15 is 0 Å². The van der Waals surface area contributed by atoms with Crippen LogP contribution >= 0.6 is 0 Å². The zero-order valence-corrected chi connectivity index (χ0v) is 9.50. The summed E-state index contributed by atoms with van der Waals surface area (Å²) >= 11 is 0. The minimum absolute atomic E-state index is 0.0768. The van der Waals surface area contributed by atoms with Gasteiger partial charge in [0.2, 0.25) is 0 Å². The predicted octanol–water partition coefficient (Wildman–Crippen LogP) is 1.68. The van der Waals surface area contributed by atoms with E-state index in [0.717, 1.165) is 0 Å². The lowest BCUT2D eigenvalue weighted by Gasteiger charge is -2.08. The molecule has 3 nitrogen and oxygen atoms in total. The van der Waals surface area contributed by atoms with E-state index in [9.17, 15) is 9.18 Å². The zero-order valence-electron chi connectivity index (χ0n) is 9.50. The van der Waals surface area contributed by atoms with E-state index in [4.69, 9.17) is 10.5 Å². The molecule has 88 valence electrons. The lowest BCUT2D eigenvalue weighted by molar-refractivity contribution is -0.119. The van der Waals surface area contributed by atoms with Crippen molar-refractivity contribution in [2.24, 2.45) is 5.73 Å². The van der Waals surface area contributed by atoms with Crippen molar-refractivity contribution in [3.8, 4) is 5.75 Å². The van der Waals surface area contributed by atoms with Crippen LogP contribution in [0, 0.1) is 5.82 Å². The first-order valence-electron chi connectivity index (χ1n) is 5.19. The zero-order chi connectivity index (χ0) is 12.1. The van der Waals surface area contributed by atoms with Gasteiger partial charge in [-0.3, -0.25) is 4.79 Å². The molecule has 16 heavy (non-hydrogen) atoms. The van der Waals surface area contributed by atoms with E-state index in [2.05, 4.69) is 0 Å². The number of benzene rings is 1. The molecule has 0 amide bonds. The number of ketones is 1. The van der Waals surface area contributed by atoms with E-state index in [0.29, 0.717) is 12.0 Å². The van der Waals surface area contributed by atoms with Crippen LogP contribution in [0.3, 0.4) is 0 Å². The van der Waals surface area contributed by atoms with Crippen molar-refractivity contribution < 1.29 is 13.9 Å². The molecular weight excluding hydrogens is 209 g/mol. The van der Waals surface area contributed by atoms with Crippen molar-refractivity contribution in [1.29, 1.82) is 0 Å². The maximum absolute atomic E-state index is 13.3. The number of halogens is 1. The van der Waals surface area contributed by atoms with Gasteiger partial charge >= 0.3 is 0 Å². The number of ether oxygens (including phenoxy) is 1. The van der Waals surface area contributed by atoms with Gasteiger partial charge in [0, 0.05) is 6.42 Å². The maximum Gasteiger partial charge on any atom is 0.165 e. The smallest absolute Gasteiger partial charge is 0.165 e. The molecule has 2 N–H and O–H groups in total. The number of hydrogen-bond acceptors (Lipinski definition) is 3. The molecule has 0 aromatic heterocycles. The second-order valence-corrected chi connectivity index (χ2v) is 3.63. The van der Waals surface area contributed by atoms with Crippen LogP contribution in [0.4, 0.5) is 4.39 Å². The fourth-order valence-electron chi connectivity index (χ4n) is 1.38. The highest BCUT2D eigenvalue weighted by atomic mass is 19.1. The standard InChI is InChI=1S/C12H16FNO2/c1-3-10(14)11(15)7-8-4-5-12(16-2)9(13)6-8/h4-6,10H,3,7,14H2,1-2H3. The lowest BCUT2D eigenvalue weighted by atomic mass is 10.0. The van der Waals surface area contributed by atoms with Gasteiger partial charge in [-0.1, -0.05) is 13.0 Å². The quantitative estimate of drug-likeness (QED) is 0.829. The van der Waals surface area contributed by atoms with Crippen molar-refractivity contribution in [3.63, 3.8) is 0 Å². The molecule has 1 aromatic carbocycles. The van der Waals surface area contributed by atoms with E-state index in [1.165, 1.54) is 19.2 Å². The molecule has 0 heterocycles. The van der Waals surface area contributed by atoms with E-state index in [-0.39, 0.29) is 18.0 Å². The Morgan fingerprint density at radius 1 is 1.56 bits per heavy atom. The monoisotopic (exact) mass is 225 g/mol. The number of carbonyl (C=O) groups is 1. The number of hydrogen-bond donors (Lipinski definition) is 1. The number of nitrogens with two attached hydrogens (primary N) is 1. The highest BCUT2D eigenvalue weighted by Gasteiger charge is 2.13. The van der Waals surface area contributed by atoms with E-state index < -0.39 is 11.9 Å². The molecule has 4 heteroatoms. The van der Waals surface area contributed by atoms with Gasteiger partial charge in [0.1, 0.15) is 0 Å². The van der Waals surface area contributed by atoms with Crippen molar-refractivity contribution in [2.75, 3.05) is 7.11 Å². The topological polar surface area (TPSA) is 52.3 Å². The molecule has 0 fully saturated rings. The fraction of sp³-hybridized carbons (Fsp3) is 0.417. The van der Waals surface area contributed by atoms with Crippen LogP contribution in [-0.4, -0.2) is 18.9 Å². The first-order valence-corrected chi connectivity index (χ1v) is 5.19. The van der Waals surface area contributed by atoms with Crippen LogP contribution in [-0.2, 0) is 11.2 Å². The summed E-state index contributed by atoms with van der Waals surface area (Å²) in [6.45, 7) is 1.84. The third kappa shape index (κ3) is 3.03. The number of Topliss-reactive ketones (excluding diaryl/α,β-unsaturated/α-hetero) is 1. The van der Waals surface area contributed by atoms with Crippen LogP contribution in [0.25, 0.3) is 0 Å². The Balaban J connectivity index is 2.75. The largest absolute Gasteiger partial charge is 0.494 e. The van der Waals surface area contributed by atoms with E-state index in [1.54, 1.807) is 6.07 Å². The molecule has 0 bridgehead atoms. The lowest BCUT2D eigenvalue weighted by Crippen LogP contribution is -2.30. The molecular formula is C12H16FNO2. The summed E-state index contributed by atoms with van der Waals surface area (Å²) < 4.78 is 18.1. The van der Waals surface area contributed by atoms with Crippen LogP contribution in [0.5, 0.6) is 5.75 Å². The second kappa shape index (κ2) is 5.61. The van der Waals surface area contributed by atoms with Crippen molar-refractivity contribution in [2.45, 2.75) is 25.8 Å². The number of methoxy groups -OCH3 is 1. The van der Waals surface area contributed by atoms with Gasteiger partial charge in [-0.2, -0.15) is 0 Å². The molecule has 1 atom stereocenters. The Bertz CT molecular complexity index is 379. The molecule has 1 unspecified atom stereocenters. The molecule has 0 aliphatic carbocycles. The van der Waals surface area contributed by atoms with Crippen molar-refractivity contribution in [3.05, 3.63) is 29.6 Å². The molecule has 1 aromatic rings. The average molecular weight is 225 g/mol. The summed E-state index contributed by atoms with van der Waals surface area (Å²) in [6, 6.07) is 4.02. The second-order valence-electron chi connectivity index (χ2n) is 3.63. The molecule has 0 saturated carbocycles. The summed E-state index contributed by atoms with van der Waals surface area (Å²) in [6.07, 6.45) is 0.757. The number of rotatable bonds is 5. The van der Waals surface area contributed by atoms with Gasteiger partial charge in [-0.25, -0.2) is 4.39 Å². The SMILES string of the molecule is CCC(N)C(=O)Cc1ccc(OC)c(F)c1. The molecule has 1 rings (SSSR count). The third-order valence-corrected chi connectivity index (χ3v) is 2.45. The van der Waals surface area contributed by atoms with Crippen LogP contribution in [0.15, 0.2) is 18.2 Å². The summed E-state index contributed by atoms with van der Waals surface area (Å²) in [7, 11) is 1.40. The Kier molecular flexibility index (Phi) is 4.43. The van der Waals surface area contributed by atoms with E-state index in [1.807, 2.05) is 6.92 Å². The van der Waals surface area contributed by atoms with Gasteiger partial charge in [0.15, 0.2) is 17.3 Å². The van der Waals surface area contributed by atoms with Crippen LogP contribution < -0.4 is 10.5 Å². The van der Waals surface area contributed by atoms with Gasteiger partial charge in [0.05, 0.1) is 13.2 Å². The Morgan fingerprint density at radius 3 is 2.75 bits per heavy atom.